The number of rotatable bonds is 5. The molecule has 2 rings (SSSR count). The van der Waals surface area contributed by atoms with Gasteiger partial charge in [0.15, 0.2) is 5.11 Å². The second kappa shape index (κ2) is 8.03. The molecule has 0 spiro atoms. The molecule has 4 nitrogen and oxygen atoms in total. The summed E-state index contributed by atoms with van der Waals surface area (Å²) in [7, 11) is 0. The standard InChI is InChI=1S/C16H17FN2O2S2/c1-3-18-16(22)19-14-13(15(20)21-4-2)12(9-23-14)10-5-7-11(17)8-6-10/h5-9H,3-4H2,1-2H3,(H2,18,19,22). The first-order chi connectivity index (χ1) is 11.1. The summed E-state index contributed by atoms with van der Waals surface area (Å²) < 4.78 is 18.3. The zero-order valence-corrected chi connectivity index (χ0v) is 14.4. The molecule has 0 atom stereocenters. The fourth-order valence-electron chi connectivity index (χ4n) is 2.01. The molecule has 0 aliphatic rings. The highest BCUT2D eigenvalue weighted by molar-refractivity contribution is 7.80. The van der Waals surface area contributed by atoms with E-state index in [1.807, 2.05) is 12.3 Å². The van der Waals surface area contributed by atoms with Crippen molar-refractivity contribution in [2.75, 3.05) is 18.5 Å². The van der Waals surface area contributed by atoms with Gasteiger partial charge in [-0.15, -0.1) is 11.3 Å². The van der Waals surface area contributed by atoms with Gasteiger partial charge in [-0.2, -0.15) is 0 Å². The molecule has 1 aromatic carbocycles. The molecule has 0 fully saturated rings. The molecule has 7 heteroatoms. The van der Waals surface area contributed by atoms with Crippen LogP contribution in [-0.2, 0) is 4.74 Å². The minimum Gasteiger partial charge on any atom is -0.462 e. The Hall–Kier alpha value is -1.99. The summed E-state index contributed by atoms with van der Waals surface area (Å²) in [6.07, 6.45) is 0. The number of carbonyl (C=O) groups is 1. The van der Waals surface area contributed by atoms with Gasteiger partial charge in [0.1, 0.15) is 16.4 Å². The van der Waals surface area contributed by atoms with E-state index in [1.54, 1.807) is 19.1 Å². The number of halogens is 1. The SMILES string of the molecule is CCNC(=S)Nc1scc(-c2ccc(F)cc2)c1C(=O)OCC. The molecule has 1 heterocycles. The topological polar surface area (TPSA) is 50.4 Å². The van der Waals surface area contributed by atoms with Crippen molar-refractivity contribution in [3.63, 3.8) is 0 Å². The van der Waals surface area contributed by atoms with Crippen LogP contribution in [0.15, 0.2) is 29.6 Å². The van der Waals surface area contributed by atoms with Gasteiger partial charge < -0.3 is 15.4 Å². The van der Waals surface area contributed by atoms with E-state index in [0.29, 0.717) is 27.8 Å². The smallest absolute Gasteiger partial charge is 0.341 e. The second-order valence-electron chi connectivity index (χ2n) is 4.57. The zero-order valence-electron chi connectivity index (χ0n) is 12.8. The number of thiophene rings is 1. The van der Waals surface area contributed by atoms with Crippen molar-refractivity contribution in [3.05, 3.63) is 41.0 Å². The second-order valence-corrected chi connectivity index (χ2v) is 5.85. The zero-order chi connectivity index (χ0) is 16.8. The van der Waals surface area contributed by atoms with Crippen molar-refractivity contribution < 1.29 is 13.9 Å². The number of hydrogen-bond acceptors (Lipinski definition) is 4. The highest BCUT2D eigenvalue weighted by atomic mass is 32.1. The van der Waals surface area contributed by atoms with E-state index in [4.69, 9.17) is 17.0 Å². The highest BCUT2D eigenvalue weighted by Gasteiger charge is 2.22. The van der Waals surface area contributed by atoms with Gasteiger partial charge in [0.05, 0.1) is 6.61 Å². The van der Waals surface area contributed by atoms with Crippen LogP contribution in [0.25, 0.3) is 11.1 Å². The van der Waals surface area contributed by atoms with Crippen molar-refractivity contribution in [1.82, 2.24) is 5.32 Å². The predicted molar refractivity (Wildman–Crippen MR) is 95.6 cm³/mol. The third kappa shape index (κ3) is 4.27. The van der Waals surface area contributed by atoms with Gasteiger partial charge in [0, 0.05) is 17.5 Å². The lowest BCUT2D eigenvalue weighted by atomic mass is 10.0. The number of thiocarbonyl (C=S) groups is 1. The highest BCUT2D eigenvalue weighted by Crippen LogP contribution is 2.36. The van der Waals surface area contributed by atoms with Crippen molar-refractivity contribution in [2.45, 2.75) is 13.8 Å². The molecule has 0 aliphatic carbocycles. The van der Waals surface area contributed by atoms with Gasteiger partial charge in [-0.3, -0.25) is 0 Å². The van der Waals surface area contributed by atoms with E-state index in [-0.39, 0.29) is 12.4 Å². The van der Waals surface area contributed by atoms with Gasteiger partial charge in [0.25, 0.3) is 0 Å². The Kier molecular flexibility index (Phi) is 6.06. The van der Waals surface area contributed by atoms with Gasteiger partial charge in [-0.1, -0.05) is 12.1 Å². The quantitative estimate of drug-likeness (QED) is 0.628. The number of nitrogens with one attached hydrogen (secondary N) is 2. The van der Waals surface area contributed by atoms with Crippen LogP contribution in [0.4, 0.5) is 9.39 Å². The maximum atomic E-state index is 13.1. The Morgan fingerprint density at radius 2 is 2.00 bits per heavy atom. The molecule has 0 aliphatic heterocycles. The Morgan fingerprint density at radius 1 is 1.30 bits per heavy atom. The normalized spacial score (nSPS) is 10.2. The molecular formula is C16H17FN2O2S2. The molecule has 122 valence electrons. The molecule has 0 unspecified atom stereocenters. The maximum Gasteiger partial charge on any atom is 0.341 e. The molecule has 0 radical (unpaired) electrons. The summed E-state index contributed by atoms with van der Waals surface area (Å²) in [5, 5.41) is 8.86. The molecule has 23 heavy (non-hydrogen) atoms. The van der Waals surface area contributed by atoms with Crippen molar-refractivity contribution >= 4 is 39.6 Å². The Bertz CT molecular complexity index is 699. The van der Waals surface area contributed by atoms with Crippen LogP contribution in [0.1, 0.15) is 24.2 Å². The number of hydrogen-bond donors (Lipinski definition) is 2. The van der Waals surface area contributed by atoms with Crippen LogP contribution in [-0.4, -0.2) is 24.2 Å². The molecule has 2 aromatic rings. The van der Waals surface area contributed by atoms with Crippen LogP contribution in [0.5, 0.6) is 0 Å². The minimum atomic E-state index is -0.435. The predicted octanol–water partition coefficient (Wildman–Crippen LogP) is 4.04. The van der Waals surface area contributed by atoms with Crippen LogP contribution in [0.3, 0.4) is 0 Å². The average molecular weight is 352 g/mol. The molecule has 0 saturated heterocycles. The number of benzene rings is 1. The van der Waals surface area contributed by atoms with Crippen molar-refractivity contribution in [1.29, 1.82) is 0 Å². The molecule has 0 saturated carbocycles. The number of carbonyl (C=O) groups excluding carboxylic acids is 1. The first-order valence-corrected chi connectivity index (χ1v) is 8.45. The summed E-state index contributed by atoms with van der Waals surface area (Å²) >= 11 is 6.52. The van der Waals surface area contributed by atoms with Gasteiger partial charge >= 0.3 is 5.97 Å². The van der Waals surface area contributed by atoms with E-state index in [0.717, 1.165) is 5.56 Å². The van der Waals surface area contributed by atoms with E-state index < -0.39 is 5.97 Å². The first kappa shape index (κ1) is 17.4. The molecule has 0 amide bonds. The van der Waals surface area contributed by atoms with E-state index >= 15 is 0 Å². The summed E-state index contributed by atoms with van der Waals surface area (Å²) in [5.41, 5.74) is 1.84. The Balaban J connectivity index is 2.42. The van der Waals surface area contributed by atoms with Gasteiger partial charge in [-0.05, 0) is 43.8 Å². The van der Waals surface area contributed by atoms with Gasteiger partial charge in [-0.25, -0.2) is 9.18 Å². The van der Waals surface area contributed by atoms with Crippen molar-refractivity contribution in [3.8, 4) is 11.1 Å². The third-order valence-electron chi connectivity index (χ3n) is 2.99. The van der Waals surface area contributed by atoms with Crippen LogP contribution < -0.4 is 10.6 Å². The lowest BCUT2D eigenvalue weighted by molar-refractivity contribution is 0.0529. The van der Waals surface area contributed by atoms with Crippen LogP contribution in [0, 0.1) is 5.82 Å². The van der Waals surface area contributed by atoms with Gasteiger partial charge in [0.2, 0.25) is 0 Å². The third-order valence-corrected chi connectivity index (χ3v) is 4.13. The molecule has 1 aromatic heterocycles. The Morgan fingerprint density at radius 3 is 2.61 bits per heavy atom. The fourth-order valence-corrected chi connectivity index (χ4v) is 3.28. The molecular weight excluding hydrogens is 335 g/mol. The number of anilines is 1. The molecule has 0 bridgehead atoms. The summed E-state index contributed by atoms with van der Waals surface area (Å²) in [4.78, 5) is 12.3. The largest absolute Gasteiger partial charge is 0.462 e. The lowest BCUT2D eigenvalue weighted by Gasteiger charge is -2.10. The summed E-state index contributed by atoms with van der Waals surface area (Å²) in [6.45, 7) is 4.63. The minimum absolute atomic E-state index is 0.272. The Labute approximate surface area is 143 Å². The number of esters is 1. The van der Waals surface area contributed by atoms with Crippen LogP contribution >= 0.6 is 23.6 Å². The van der Waals surface area contributed by atoms with E-state index in [2.05, 4.69) is 10.6 Å². The van der Waals surface area contributed by atoms with Crippen LogP contribution in [0.2, 0.25) is 0 Å². The average Bonchev–Trinajstić information content (AvgIpc) is 2.92. The van der Waals surface area contributed by atoms with E-state index in [9.17, 15) is 9.18 Å². The number of ether oxygens (including phenoxy) is 1. The lowest BCUT2D eigenvalue weighted by Crippen LogP contribution is -2.28. The maximum absolute atomic E-state index is 13.1. The summed E-state index contributed by atoms with van der Waals surface area (Å²) in [5.74, 6) is -0.761. The van der Waals surface area contributed by atoms with E-state index in [1.165, 1.54) is 23.5 Å². The molecule has 2 N–H and O–H groups in total. The van der Waals surface area contributed by atoms with Crippen molar-refractivity contribution in [2.24, 2.45) is 0 Å². The first-order valence-electron chi connectivity index (χ1n) is 7.16. The fraction of sp³-hybridized carbons (Fsp3) is 0.250. The monoisotopic (exact) mass is 352 g/mol. The summed E-state index contributed by atoms with van der Waals surface area (Å²) in [6, 6.07) is 5.98.